The Morgan fingerprint density at radius 1 is 0.909 bits per heavy atom. The number of amides is 1. The van der Waals surface area contributed by atoms with Crippen molar-refractivity contribution < 1.29 is 32.3 Å². The van der Waals surface area contributed by atoms with Crippen LogP contribution in [-0.2, 0) is 28.5 Å². The molecular formula is C25H24F3NO4. The second-order valence-corrected chi connectivity index (χ2v) is 8.51. The first-order valence-corrected chi connectivity index (χ1v) is 11.0. The van der Waals surface area contributed by atoms with Gasteiger partial charge in [-0.3, -0.25) is 14.4 Å². The predicted octanol–water partition coefficient (Wildman–Crippen LogP) is 4.47. The molecule has 1 aliphatic carbocycles. The maximum absolute atomic E-state index is 12.7. The number of alkyl halides is 3. The van der Waals surface area contributed by atoms with E-state index in [1.54, 1.807) is 6.07 Å². The minimum absolute atomic E-state index is 0.170. The summed E-state index contributed by atoms with van der Waals surface area (Å²) in [4.78, 5) is 38.9. The normalized spacial score (nSPS) is 16.4. The van der Waals surface area contributed by atoms with Crippen LogP contribution in [0.4, 0.5) is 13.2 Å². The van der Waals surface area contributed by atoms with E-state index in [0.29, 0.717) is 31.5 Å². The van der Waals surface area contributed by atoms with Gasteiger partial charge in [0.1, 0.15) is 0 Å². The monoisotopic (exact) mass is 459 g/mol. The number of piperidine rings is 1. The van der Waals surface area contributed by atoms with E-state index in [1.165, 1.54) is 16.0 Å². The number of carbonyl (C=O) groups is 3. The second kappa shape index (κ2) is 9.37. The van der Waals surface area contributed by atoms with E-state index in [4.69, 9.17) is 4.74 Å². The molecule has 2 aromatic rings. The molecule has 0 bridgehead atoms. The molecule has 1 saturated heterocycles. The molecule has 0 atom stereocenters. The predicted molar refractivity (Wildman–Crippen MR) is 114 cm³/mol. The van der Waals surface area contributed by atoms with Gasteiger partial charge < -0.3 is 9.64 Å². The zero-order valence-corrected chi connectivity index (χ0v) is 18.0. The van der Waals surface area contributed by atoms with Crippen LogP contribution in [0.2, 0.25) is 0 Å². The van der Waals surface area contributed by atoms with Crippen LogP contribution < -0.4 is 0 Å². The number of likely N-dealkylation sites (tertiary alicyclic amines) is 1. The summed E-state index contributed by atoms with van der Waals surface area (Å²) in [6.45, 7) is 0.263. The molecule has 174 valence electrons. The summed E-state index contributed by atoms with van der Waals surface area (Å²) in [6.07, 6.45) is -0.639. The van der Waals surface area contributed by atoms with E-state index in [1.807, 2.05) is 12.1 Å². The molecular weight excluding hydrogens is 435 g/mol. The molecule has 0 radical (unpaired) electrons. The molecule has 0 unspecified atom stereocenters. The van der Waals surface area contributed by atoms with Gasteiger partial charge in [0.25, 0.3) is 5.91 Å². The topological polar surface area (TPSA) is 63.7 Å². The molecule has 0 aromatic heterocycles. The minimum Gasteiger partial charge on any atom is -0.457 e. The highest BCUT2D eigenvalue weighted by Crippen LogP contribution is 2.29. The largest absolute Gasteiger partial charge is 0.457 e. The van der Waals surface area contributed by atoms with Crippen molar-refractivity contribution in [1.82, 2.24) is 4.90 Å². The standard InChI is InChI=1S/C25H24F3NO4/c26-25(27,28)21-8-6-17(7-9-21)23(31)29-12-10-18(11-13-29)24(32)33-15-22(30)20-5-4-16-2-1-3-19(16)14-20/h4-9,14,18H,1-3,10-13,15H2. The van der Waals surface area contributed by atoms with Crippen LogP contribution in [0.5, 0.6) is 0 Å². The Bertz CT molecular complexity index is 1050. The molecule has 2 aromatic carbocycles. The van der Waals surface area contributed by atoms with Crippen LogP contribution in [0.3, 0.4) is 0 Å². The third-order valence-electron chi connectivity index (χ3n) is 6.34. The van der Waals surface area contributed by atoms with Crippen molar-refractivity contribution in [1.29, 1.82) is 0 Å². The van der Waals surface area contributed by atoms with E-state index >= 15 is 0 Å². The first-order valence-electron chi connectivity index (χ1n) is 11.0. The minimum atomic E-state index is -4.46. The maximum atomic E-state index is 12.7. The Balaban J connectivity index is 1.25. The summed E-state index contributed by atoms with van der Waals surface area (Å²) in [5.41, 5.74) is 2.35. The molecule has 1 amide bonds. The summed E-state index contributed by atoms with van der Waals surface area (Å²) in [6, 6.07) is 9.70. The van der Waals surface area contributed by atoms with Gasteiger partial charge >= 0.3 is 12.1 Å². The first-order chi connectivity index (χ1) is 15.7. The Morgan fingerprint density at radius 2 is 1.55 bits per heavy atom. The lowest BCUT2D eigenvalue weighted by Crippen LogP contribution is -2.40. The number of ketones is 1. The van der Waals surface area contributed by atoms with Crippen molar-refractivity contribution in [3.8, 4) is 0 Å². The molecule has 1 fully saturated rings. The molecule has 0 spiro atoms. The van der Waals surface area contributed by atoms with E-state index in [9.17, 15) is 27.6 Å². The van der Waals surface area contributed by atoms with Crippen LogP contribution in [0.25, 0.3) is 0 Å². The number of aryl methyl sites for hydroxylation is 2. The fraction of sp³-hybridized carbons (Fsp3) is 0.400. The number of hydrogen-bond donors (Lipinski definition) is 0. The third kappa shape index (κ3) is 5.26. The van der Waals surface area contributed by atoms with Gasteiger partial charge in [-0.1, -0.05) is 12.1 Å². The summed E-state index contributed by atoms with van der Waals surface area (Å²) < 4.78 is 43.3. The Hall–Kier alpha value is -3.16. The van der Waals surface area contributed by atoms with Crippen LogP contribution in [-0.4, -0.2) is 42.3 Å². The first kappa shape index (κ1) is 23.0. The van der Waals surface area contributed by atoms with Crippen molar-refractivity contribution in [2.75, 3.05) is 19.7 Å². The number of halogens is 3. The van der Waals surface area contributed by atoms with Gasteiger partial charge in [-0.2, -0.15) is 13.2 Å². The SMILES string of the molecule is O=C(COC(=O)C1CCN(C(=O)c2ccc(C(F)(F)F)cc2)CC1)c1ccc2c(c1)CCC2. The smallest absolute Gasteiger partial charge is 0.416 e. The van der Waals surface area contributed by atoms with Crippen molar-refractivity contribution in [3.05, 3.63) is 70.3 Å². The molecule has 8 heteroatoms. The van der Waals surface area contributed by atoms with Crippen molar-refractivity contribution in [2.45, 2.75) is 38.3 Å². The lowest BCUT2D eigenvalue weighted by Gasteiger charge is -2.31. The van der Waals surface area contributed by atoms with Gasteiger partial charge in [-0.15, -0.1) is 0 Å². The fourth-order valence-corrected chi connectivity index (χ4v) is 4.39. The number of esters is 1. The zero-order valence-electron chi connectivity index (χ0n) is 18.0. The Morgan fingerprint density at radius 3 is 2.21 bits per heavy atom. The van der Waals surface area contributed by atoms with Crippen molar-refractivity contribution in [2.24, 2.45) is 5.92 Å². The molecule has 2 aliphatic rings. The lowest BCUT2D eigenvalue weighted by atomic mass is 9.96. The van der Waals surface area contributed by atoms with E-state index < -0.39 is 23.6 Å². The summed E-state index contributed by atoms with van der Waals surface area (Å²) in [7, 11) is 0. The number of ether oxygens (including phenoxy) is 1. The molecule has 1 aliphatic heterocycles. The molecule has 4 rings (SSSR count). The van der Waals surface area contributed by atoms with E-state index in [-0.39, 0.29) is 23.9 Å². The number of nitrogens with zero attached hydrogens (tertiary/aromatic N) is 1. The number of fused-ring (bicyclic) bond motifs is 1. The molecule has 0 saturated carbocycles. The third-order valence-corrected chi connectivity index (χ3v) is 6.34. The van der Waals surface area contributed by atoms with Crippen LogP contribution >= 0.6 is 0 Å². The maximum Gasteiger partial charge on any atom is 0.416 e. The number of carbonyl (C=O) groups excluding carboxylic acids is 3. The highest BCUT2D eigenvalue weighted by atomic mass is 19.4. The lowest BCUT2D eigenvalue weighted by molar-refractivity contribution is -0.148. The van der Waals surface area contributed by atoms with Gasteiger partial charge in [0.15, 0.2) is 12.4 Å². The fourth-order valence-electron chi connectivity index (χ4n) is 4.39. The summed E-state index contributed by atoms with van der Waals surface area (Å²) in [5.74, 6) is -1.50. The van der Waals surface area contributed by atoms with Crippen molar-refractivity contribution >= 4 is 17.7 Å². The molecule has 1 heterocycles. The number of hydrogen-bond acceptors (Lipinski definition) is 4. The molecule has 33 heavy (non-hydrogen) atoms. The summed E-state index contributed by atoms with van der Waals surface area (Å²) >= 11 is 0. The average Bonchev–Trinajstić information content (AvgIpc) is 3.29. The van der Waals surface area contributed by atoms with E-state index in [0.717, 1.165) is 43.5 Å². The van der Waals surface area contributed by atoms with Gasteiger partial charge in [0.2, 0.25) is 0 Å². The Kier molecular flexibility index (Phi) is 6.54. The Labute approximate surface area is 189 Å². The number of Topliss-reactive ketones (excluding diaryl/α,β-unsaturated/α-hetero) is 1. The quantitative estimate of drug-likeness (QED) is 0.489. The molecule has 0 N–H and O–H groups in total. The zero-order chi connectivity index (χ0) is 23.6. The van der Waals surface area contributed by atoms with Crippen LogP contribution in [0, 0.1) is 5.92 Å². The number of benzene rings is 2. The number of rotatable bonds is 5. The molecule has 5 nitrogen and oxygen atoms in total. The van der Waals surface area contributed by atoms with Gasteiger partial charge in [0.05, 0.1) is 11.5 Å². The average molecular weight is 459 g/mol. The van der Waals surface area contributed by atoms with Gasteiger partial charge in [0, 0.05) is 24.2 Å². The van der Waals surface area contributed by atoms with Crippen molar-refractivity contribution in [3.63, 3.8) is 0 Å². The van der Waals surface area contributed by atoms with Crippen LogP contribution in [0.1, 0.15) is 56.7 Å². The van der Waals surface area contributed by atoms with Crippen LogP contribution in [0.15, 0.2) is 42.5 Å². The highest BCUT2D eigenvalue weighted by Gasteiger charge is 2.32. The second-order valence-electron chi connectivity index (χ2n) is 8.51. The summed E-state index contributed by atoms with van der Waals surface area (Å²) in [5, 5.41) is 0. The van der Waals surface area contributed by atoms with E-state index in [2.05, 4.69) is 0 Å². The van der Waals surface area contributed by atoms with Gasteiger partial charge in [-0.05, 0) is 73.6 Å². The highest BCUT2D eigenvalue weighted by molar-refractivity contribution is 5.98. The van der Waals surface area contributed by atoms with Gasteiger partial charge in [-0.25, -0.2) is 0 Å².